The fraction of sp³-hybridized carbons (Fsp3) is 0.462. The van der Waals surface area contributed by atoms with E-state index in [1.807, 2.05) is 0 Å². The van der Waals surface area contributed by atoms with Crippen LogP contribution in [-0.4, -0.2) is 73.9 Å². The van der Waals surface area contributed by atoms with Gasteiger partial charge in [-0.15, -0.1) is 0 Å². The van der Waals surface area contributed by atoms with E-state index in [2.05, 4.69) is 4.74 Å². The number of hydrogen-bond acceptors (Lipinski definition) is 9. The number of esters is 1. The molecule has 0 bridgehead atoms. The number of benzene rings is 1. The summed E-state index contributed by atoms with van der Waals surface area (Å²) >= 11 is 0. The minimum absolute atomic E-state index is 0.0471. The summed E-state index contributed by atoms with van der Waals surface area (Å²) < 4.78 is 4.53. The van der Waals surface area contributed by atoms with Gasteiger partial charge in [-0.1, -0.05) is 0 Å². The van der Waals surface area contributed by atoms with Crippen molar-refractivity contribution in [3.8, 4) is 0 Å². The lowest BCUT2D eigenvalue weighted by Gasteiger charge is -2.28. The van der Waals surface area contributed by atoms with Crippen molar-refractivity contribution < 1.29 is 40.2 Å². The van der Waals surface area contributed by atoms with Gasteiger partial charge in [0.15, 0.2) is 0 Å². The van der Waals surface area contributed by atoms with E-state index in [-0.39, 0.29) is 5.56 Å². The van der Waals surface area contributed by atoms with Crippen molar-refractivity contribution >= 4 is 11.7 Å². The molecular formula is C13H19NO8. The first-order valence-electron chi connectivity index (χ1n) is 6.35. The minimum Gasteiger partial charge on any atom is -0.429 e. The molecule has 8 N–H and O–H groups in total. The molecule has 0 saturated carbocycles. The van der Waals surface area contributed by atoms with Crippen molar-refractivity contribution in [1.29, 1.82) is 0 Å². The molecule has 9 nitrogen and oxygen atoms in total. The largest absolute Gasteiger partial charge is 0.429 e. The number of aliphatic hydroxyl groups is 6. The standard InChI is InChI=1S/C13H19NO8/c14-7-3-1-6(2-4-7)12(20)22-13(21)11(19)10(18)9(17)8(16)5-15/h1-4,8-11,13,15-19,21H,5,14H2/t8-,9+,10+,11+,13?/m0/s1. The van der Waals surface area contributed by atoms with Crippen LogP contribution in [0.15, 0.2) is 24.3 Å². The lowest BCUT2D eigenvalue weighted by Crippen LogP contribution is -2.50. The smallest absolute Gasteiger partial charge is 0.340 e. The fourth-order valence-electron chi connectivity index (χ4n) is 1.57. The summed E-state index contributed by atoms with van der Waals surface area (Å²) in [7, 11) is 0. The molecule has 0 heterocycles. The van der Waals surface area contributed by atoms with Crippen LogP contribution in [-0.2, 0) is 4.74 Å². The van der Waals surface area contributed by atoms with Gasteiger partial charge in [-0.3, -0.25) is 0 Å². The summed E-state index contributed by atoms with van der Waals surface area (Å²) in [5.74, 6) is -0.990. The van der Waals surface area contributed by atoms with E-state index in [0.717, 1.165) is 0 Å². The molecule has 0 aliphatic heterocycles. The van der Waals surface area contributed by atoms with Crippen molar-refractivity contribution in [1.82, 2.24) is 0 Å². The molecular weight excluding hydrogens is 298 g/mol. The third kappa shape index (κ3) is 4.63. The topological polar surface area (TPSA) is 174 Å². The molecule has 0 saturated heterocycles. The maximum absolute atomic E-state index is 11.7. The second kappa shape index (κ2) is 8.03. The number of aliphatic hydroxyl groups excluding tert-OH is 6. The van der Waals surface area contributed by atoms with Crippen LogP contribution in [0.25, 0.3) is 0 Å². The van der Waals surface area contributed by atoms with Crippen molar-refractivity contribution in [2.45, 2.75) is 30.7 Å². The van der Waals surface area contributed by atoms with Crippen LogP contribution in [0.2, 0.25) is 0 Å². The summed E-state index contributed by atoms with van der Waals surface area (Å²) in [6, 6.07) is 5.51. The average molecular weight is 317 g/mol. The van der Waals surface area contributed by atoms with E-state index in [1.165, 1.54) is 24.3 Å². The molecule has 0 radical (unpaired) electrons. The van der Waals surface area contributed by atoms with Crippen molar-refractivity contribution in [3.63, 3.8) is 0 Å². The van der Waals surface area contributed by atoms with Crippen LogP contribution in [0.5, 0.6) is 0 Å². The number of anilines is 1. The second-order valence-electron chi connectivity index (χ2n) is 4.64. The monoisotopic (exact) mass is 317 g/mol. The third-order valence-electron chi connectivity index (χ3n) is 2.95. The molecule has 0 aliphatic carbocycles. The molecule has 0 aliphatic rings. The van der Waals surface area contributed by atoms with Crippen LogP contribution in [0, 0.1) is 0 Å². The Balaban J connectivity index is 2.65. The molecule has 0 fully saturated rings. The molecule has 0 aromatic heterocycles. The summed E-state index contributed by atoms with van der Waals surface area (Å²) in [6.07, 6.45) is -9.96. The Labute approximate surface area is 125 Å². The highest BCUT2D eigenvalue weighted by molar-refractivity contribution is 5.89. The summed E-state index contributed by atoms with van der Waals surface area (Å²) in [4.78, 5) is 11.7. The summed E-state index contributed by atoms with van der Waals surface area (Å²) in [6.45, 7) is -0.869. The Morgan fingerprint density at radius 1 is 1.00 bits per heavy atom. The van der Waals surface area contributed by atoms with Crippen LogP contribution >= 0.6 is 0 Å². The van der Waals surface area contributed by atoms with Crippen LogP contribution in [0.4, 0.5) is 5.69 Å². The van der Waals surface area contributed by atoms with Crippen molar-refractivity contribution in [2.24, 2.45) is 0 Å². The SMILES string of the molecule is Nc1ccc(C(=O)OC(O)[C@H](O)[C@H](O)[C@H](O)[C@@H](O)CO)cc1. The van der Waals surface area contributed by atoms with Gasteiger partial charge in [0.25, 0.3) is 0 Å². The van der Waals surface area contributed by atoms with Gasteiger partial charge in [0.1, 0.15) is 24.4 Å². The minimum atomic E-state index is -2.15. The Morgan fingerprint density at radius 2 is 1.55 bits per heavy atom. The van der Waals surface area contributed by atoms with Gasteiger partial charge >= 0.3 is 5.97 Å². The molecule has 0 amide bonds. The lowest BCUT2D eigenvalue weighted by atomic mass is 10.0. The van der Waals surface area contributed by atoms with Gasteiger partial charge in [0.2, 0.25) is 6.29 Å². The molecule has 22 heavy (non-hydrogen) atoms. The van der Waals surface area contributed by atoms with Gasteiger partial charge in [-0.2, -0.15) is 0 Å². The highest BCUT2D eigenvalue weighted by atomic mass is 16.6. The van der Waals surface area contributed by atoms with E-state index >= 15 is 0 Å². The number of rotatable bonds is 7. The quantitative estimate of drug-likeness (QED) is 0.159. The first-order valence-corrected chi connectivity index (χ1v) is 6.35. The predicted octanol–water partition coefficient (Wildman–Crippen LogP) is -2.82. The molecule has 1 rings (SSSR count). The fourth-order valence-corrected chi connectivity index (χ4v) is 1.57. The van der Waals surface area contributed by atoms with E-state index < -0.39 is 43.3 Å². The first kappa shape index (κ1) is 18.3. The van der Waals surface area contributed by atoms with Gasteiger partial charge < -0.3 is 41.1 Å². The van der Waals surface area contributed by atoms with Gasteiger partial charge in [-0.25, -0.2) is 4.79 Å². The number of nitrogens with two attached hydrogens (primary N) is 1. The zero-order chi connectivity index (χ0) is 16.9. The van der Waals surface area contributed by atoms with E-state index in [0.29, 0.717) is 5.69 Å². The molecule has 9 heteroatoms. The number of ether oxygens (including phenoxy) is 1. The molecule has 1 unspecified atom stereocenters. The Morgan fingerprint density at radius 3 is 2.05 bits per heavy atom. The Hall–Kier alpha value is -1.75. The molecule has 0 spiro atoms. The van der Waals surface area contributed by atoms with Gasteiger partial charge in [-0.05, 0) is 24.3 Å². The van der Waals surface area contributed by atoms with E-state index in [9.17, 15) is 25.2 Å². The highest BCUT2D eigenvalue weighted by Gasteiger charge is 2.35. The molecule has 1 aromatic rings. The van der Waals surface area contributed by atoms with Crippen LogP contribution < -0.4 is 5.73 Å². The Kier molecular flexibility index (Phi) is 6.68. The molecule has 5 atom stereocenters. The second-order valence-corrected chi connectivity index (χ2v) is 4.64. The van der Waals surface area contributed by atoms with Gasteiger partial charge in [0.05, 0.1) is 12.2 Å². The summed E-state index contributed by atoms with van der Waals surface area (Å²) in [5.41, 5.74) is 5.90. The summed E-state index contributed by atoms with van der Waals surface area (Å²) in [5, 5.41) is 55.8. The normalized spacial score (nSPS) is 18.1. The van der Waals surface area contributed by atoms with E-state index in [1.54, 1.807) is 0 Å². The Bertz CT molecular complexity index is 479. The predicted molar refractivity (Wildman–Crippen MR) is 73.4 cm³/mol. The number of nitrogen functional groups attached to an aromatic ring is 1. The van der Waals surface area contributed by atoms with Crippen LogP contribution in [0.3, 0.4) is 0 Å². The molecule has 1 aromatic carbocycles. The zero-order valence-corrected chi connectivity index (χ0v) is 11.5. The van der Waals surface area contributed by atoms with Crippen molar-refractivity contribution in [3.05, 3.63) is 29.8 Å². The highest BCUT2D eigenvalue weighted by Crippen LogP contribution is 2.12. The number of hydrogen-bond donors (Lipinski definition) is 7. The van der Waals surface area contributed by atoms with Crippen molar-refractivity contribution in [2.75, 3.05) is 12.3 Å². The molecule has 124 valence electrons. The average Bonchev–Trinajstić information content (AvgIpc) is 2.52. The maximum Gasteiger partial charge on any atom is 0.340 e. The van der Waals surface area contributed by atoms with E-state index in [4.69, 9.17) is 15.9 Å². The zero-order valence-electron chi connectivity index (χ0n) is 11.5. The van der Waals surface area contributed by atoms with Crippen LogP contribution in [0.1, 0.15) is 10.4 Å². The maximum atomic E-state index is 11.7. The lowest BCUT2D eigenvalue weighted by molar-refractivity contribution is -0.191. The van der Waals surface area contributed by atoms with Gasteiger partial charge in [0, 0.05) is 5.69 Å². The third-order valence-corrected chi connectivity index (χ3v) is 2.95. The number of carbonyl (C=O) groups excluding carboxylic acids is 1. The number of carbonyl (C=O) groups is 1. The first-order chi connectivity index (χ1) is 10.3.